The Balaban J connectivity index is 1.54. The van der Waals surface area contributed by atoms with Gasteiger partial charge < -0.3 is 25.0 Å². The SMILES string of the molecule is CN(C)c1ccc(C(F)(F)F)cc1NC(=O)c1cc(-c2cccc(Oc3ccnc(C(=O)O)c3)c2)c[nH]1. The number of ether oxygens (including phenoxy) is 1. The van der Waals surface area contributed by atoms with Gasteiger partial charge in [-0.25, -0.2) is 9.78 Å². The summed E-state index contributed by atoms with van der Waals surface area (Å²) in [5.41, 5.74) is 0.871. The number of H-pyrrole nitrogens is 1. The van der Waals surface area contributed by atoms with Gasteiger partial charge in [-0.3, -0.25) is 4.79 Å². The van der Waals surface area contributed by atoms with Gasteiger partial charge in [-0.1, -0.05) is 12.1 Å². The first-order valence-electron chi connectivity index (χ1n) is 10.9. The maximum absolute atomic E-state index is 13.2. The van der Waals surface area contributed by atoms with Gasteiger partial charge in [0.25, 0.3) is 5.91 Å². The summed E-state index contributed by atoms with van der Waals surface area (Å²) in [7, 11) is 3.32. The minimum Gasteiger partial charge on any atom is -0.477 e. The second-order valence-corrected chi connectivity index (χ2v) is 8.19. The number of aromatic amines is 1. The van der Waals surface area contributed by atoms with Crippen LogP contribution in [0.25, 0.3) is 11.1 Å². The Labute approximate surface area is 209 Å². The number of carbonyl (C=O) groups excluding carboxylic acids is 1. The summed E-state index contributed by atoms with van der Waals surface area (Å²) in [5.74, 6) is -1.08. The Morgan fingerprint density at radius 1 is 1.00 bits per heavy atom. The van der Waals surface area contributed by atoms with Crippen molar-refractivity contribution < 1.29 is 32.6 Å². The number of alkyl halides is 3. The molecule has 2 aromatic carbocycles. The van der Waals surface area contributed by atoms with Gasteiger partial charge in [0.2, 0.25) is 0 Å². The van der Waals surface area contributed by atoms with Crippen molar-refractivity contribution in [2.75, 3.05) is 24.3 Å². The van der Waals surface area contributed by atoms with Crippen LogP contribution in [0.5, 0.6) is 11.5 Å². The molecule has 0 unspecified atom stereocenters. The second kappa shape index (κ2) is 10.1. The van der Waals surface area contributed by atoms with Gasteiger partial charge in [0, 0.05) is 38.1 Å². The summed E-state index contributed by atoms with van der Waals surface area (Å²) in [6, 6.07) is 14.4. The van der Waals surface area contributed by atoms with E-state index in [0.717, 1.165) is 12.1 Å². The highest BCUT2D eigenvalue weighted by Crippen LogP contribution is 2.35. The van der Waals surface area contributed by atoms with Gasteiger partial charge in [-0.05, 0) is 48.0 Å². The smallest absolute Gasteiger partial charge is 0.416 e. The number of hydrogen-bond donors (Lipinski definition) is 3. The topological polar surface area (TPSA) is 108 Å². The van der Waals surface area contributed by atoms with Crippen molar-refractivity contribution in [3.8, 4) is 22.6 Å². The van der Waals surface area contributed by atoms with Crippen molar-refractivity contribution in [2.45, 2.75) is 6.18 Å². The molecule has 0 bridgehead atoms. The van der Waals surface area contributed by atoms with Crippen LogP contribution in [0.3, 0.4) is 0 Å². The molecule has 0 atom stereocenters. The number of aromatic nitrogens is 2. The number of nitrogens with one attached hydrogen (secondary N) is 2. The fourth-order valence-corrected chi connectivity index (χ4v) is 3.55. The number of pyridine rings is 1. The number of carbonyl (C=O) groups is 2. The molecule has 0 aliphatic carbocycles. The number of anilines is 2. The summed E-state index contributed by atoms with van der Waals surface area (Å²) >= 11 is 0. The van der Waals surface area contributed by atoms with Crippen LogP contribution in [0.4, 0.5) is 24.5 Å². The number of aromatic carboxylic acids is 1. The lowest BCUT2D eigenvalue weighted by Gasteiger charge is -2.19. The minimum atomic E-state index is -4.55. The Morgan fingerprint density at radius 3 is 2.46 bits per heavy atom. The predicted octanol–water partition coefficient (Wildman–Crippen LogP) is 5.90. The number of hydrogen-bond acceptors (Lipinski definition) is 5. The summed E-state index contributed by atoms with van der Waals surface area (Å²) in [6.45, 7) is 0. The molecule has 0 saturated carbocycles. The molecule has 0 fully saturated rings. The number of carboxylic acids is 1. The van der Waals surface area contributed by atoms with E-state index in [4.69, 9.17) is 9.84 Å². The average molecular weight is 510 g/mol. The number of benzene rings is 2. The molecule has 2 aromatic heterocycles. The van der Waals surface area contributed by atoms with Gasteiger partial charge >= 0.3 is 12.1 Å². The standard InChI is InChI=1S/C26H21F3N4O4/c1-33(2)23-7-6-17(26(27,28)29)12-20(23)32-24(34)21-11-16(14-31-21)15-4-3-5-18(10-15)37-19-8-9-30-22(13-19)25(35)36/h3-14,31H,1-2H3,(H,32,34)(H,35,36). The number of amides is 1. The zero-order chi connectivity index (χ0) is 26.7. The first kappa shape index (κ1) is 25.3. The van der Waals surface area contributed by atoms with E-state index >= 15 is 0 Å². The largest absolute Gasteiger partial charge is 0.477 e. The first-order valence-corrected chi connectivity index (χ1v) is 10.9. The molecule has 4 rings (SSSR count). The molecule has 0 spiro atoms. The number of carboxylic acid groups (broad SMARTS) is 1. The summed E-state index contributed by atoms with van der Waals surface area (Å²) in [5, 5.41) is 11.6. The number of rotatable bonds is 7. The molecule has 4 aromatic rings. The second-order valence-electron chi connectivity index (χ2n) is 8.19. The predicted molar refractivity (Wildman–Crippen MR) is 131 cm³/mol. The van der Waals surface area contributed by atoms with E-state index in [1.807, 2.05) is 0 Å². The zero-order valence-electron chi connectivity index (χ0n) is 19.6. The van der Waals surface area contributed by atoms with E-state index in [1.165, 1.54) is 24.4 Å². The van der Waals surface area contributed by atoms with Crippen molar-refractivity contribution in [3.05, 3.63) is 90.0 Å². The average Bonchev–Trinajstić information content (AvgIpc) is 3.34. The van der Waals surface area contributed by atoms with E-state index < -0.39 is 23.6 Å². The van der Waals surface area contributed by atoms with Crippen molar-refractivity contribution in [3.63, 3.8) is 0 Å². The molecule has 0 saturated heterocycles. The highest BCUT2D eigenvalue weighted by Gasteiger charge is 2.31. The van der Waals surface area contributed by atoms with Gasteiger partial charge in [0.15, 0.2) is 5.69 Å². The molecular formula is C26H21F3N4O4. The van der Waals surface area contributed by atoms with Crippen LogP contribution in [-0.2, 0) is 6.18 Å². The summed E-state index contributed by atoms with van der Waals surface area (Å²) in [4.78, 5) is 32.2. The lowest BCUT2D eigenvalue weighted by Crippen LogP contribution is -2.18. The van der Waals surface area contributed by atoms with Crippen LogP contribution < -0.4 is 15.0 Å². The van der Waals surface area contributed by atoms with Gasteiger partial charge in [0.1, 0.15) is 17.2 Å². The Morgan fingerprint density at radius 2 is 1.76 bits per heavy atom. The molecule has 0 radical (unpaired) electrons. The van der Waals surface area contributed by atoms with Gasteiger partial charge in [0.05, 0.1) is 16.9 Å². The van der Waals surface area contributed by atoms with Gasteiger partial charge in [-0.15, -0.1) is 0 Å². The third-order valence-electron chi connectivity index (χ3n) is 5.34. The molecule has 190 valence electrons. The van der Waals surface area contributed by atoms with Gasteiger partial charge in [-0.2, -0.15) is 13.2 Å². The molecule has 3 N–H and O–H groups in total. The molecule has 11 heteroatoms. The summed E-state index contributed by atoms with van der Waals surface area (Å²) in [6.07, 6.45) is -1.64. The number of halogens is 3. The first-order chi connectivity index (χ1) is 17.5. The van der Waals surface area contributed by atoms with E-state index in [2.05, 4.69) is 15.3 Å². The Hall–Kier alpha value is -4.80. The highest BCUT2D eigenvalue weighted by molar-refractivity contribution is 6.05. The van der Waals surface area contributed by atoms with Crippen LogP contribution in [0.2, 0.25) is 0 Å². The molecule has 0 aliphatic heterocycles. The van der Waals surface area contributed by atoms with Crippen LogP contribution in [-0.4, -0.2) is 41.0 Å². The molecule has 0 aliphatic rings. The molecule has 2 heterocycles. The van der Waals surface area contributed by atoms with E-state index in [-0.39, 0.29) is 22.8 Å². The molecule has 37 heavy (non-hydrogen) atoms. The van der Waals surface area contributed by atoms with Crippen molar-refractivity contribution >= 4 is 23.3 Å². The van der Waals surface area contributed by atoms with Crippen molar-refractivity contribution in [1.82, 2.24) is 9.97 Å². The molecule has 1 amide bonds. The quantitative estimate of drug-likeness (QED) is 0.286. The monoisotopic (exact) mass is 510 g/mol. The van der Waals surface area contributed by atoms with Crippen LogP contribution in [0.15, 0.2) is 73.1 Å². The normalized spacial score (nSPS) is 11.2. The maximum atomic E-state index is 13.2. The lowest BCUT2D eigenvalue weighted by atomic mass is 10.1. The fraction of sp³-hybridized carbons (Fsp3) is 0.115. The van der Waals surface area contributed by atoms with Crippen molar-refractivity contribution in [1.29, 1.82) is 0 Å². The zero-order valence-corrected chi connectivity index (χ0v) is 19.6. The Kier molecular flexibility index (Phi) is 6.87. The highest BCUT2D eigenvalue weighted by atomic mass is 19.4. The van der Waals surface area contributed by atoms with Crippen LogP contribution >= 0.6 is 0 Å². The van der Waals surface area contributed by atoms with E-state index in [0.29, 0.717) is 22.6 Å². The maximum Gasteiger partial charge on any atom is 0.416 e. The lowest BCUT2D eigenvalue weighted by molar-refractivity contribution is -0.137. The van der Waals surface area contributed by atoms with E-state index in [1.54, 1.807) is 55.5 Å². The fourth-order valence-electron chi connectivity index (χ4n) is 3.55. The van der Waals surface area contributed by atoms with Crippen LogP contribution in [0, 0.1) is 0 Å². The molecular weight excluding hydrogens is 489 g/mol. The number of nitrogens with zero attached hydrogens (tertiary/aromatic N) is 2. The van der Waals surface area contributed by atoms with Crippen molar-refractivity contribution in [2.24, 2.45) is 0 Å². The van der Waals surface area contributed by atoms with E-state index in [9.17, 15) is 22.8 Å². The third-order valence-corrected chi connectivity index (χ3v) is 5.34. The minimum absolute atomic E-state index is 0.0226. The van der Waals surface area contributed by atoms with Crippen LogP contribution in [0.1, 0.15) is 26.5 Å². The Bertz CT molecular complexity index is 1460. The third kappa shape index (κ3) is 5.89. The summed E-state index contributed by atoms with van der Waals surface area (Å²) < 4.78 is 45.4. The molecule has 8 nitrogen and oxygen atoms in total.